The van der Waals surface area contributed by atoms with E-state index in [1.807, 2.05) is 12.1 Å². The first-order chi connectivity index (χ1) is 16.0. The summed E-state index contributed by atoms with van der Waals surface area (Å²) in [5.74, 6) is 4.30. The van der Waals surface area contributed by atoms with Gasteiger partial charge in [-0.15, -0.1) is 0 Å². The Bertz CT molecular complexity index is 1090. The van der Waals surface area contributed by atoms with Crippen LogP contribution in [0.25, 0.3) is 0 Å². The summed E-state index contributed by atoms with van der Waals surface area (Å²) in [6, 6.07) is 7.43. The first kappa shape index (κ1) is 26.1. The fraction of sp³-hybridized carbons (Fsp3) is 0.480. The van der Waals surface area contributed by atoms with Crippen molar-refractivity contribution in [3.05, 3.63) is 51.5 Å². The molecular formula is C25H29Cl2N3O4. The van der Waals surface area contributed by atoms with Crippen molar-refractivity contribution < 1.29 is 19.8 Å². The van der Waals surface area contributed by atoms with Gasteiger partial charge in [0.2, 0.25) is 5.28 Å². The molecule has 1 aliphatic rings. The third-order valence-corrected chi connectivity index (χ3v) is 6.45. The maximum Gasteiger partial charge on any atom is 0.306 e. The Hall–Kier alpha value is -2.53. The largest absolute Gasteiger partial charge is 0.481 e. The van der Waals surface area contributed by atoms with Gasteiger partial charge in [0.15, 0.2) is 0 Å². The van der Waals surface area contributed by atoms with Crippen LogP contribution in [-0.2, 0) is 17.8 Å². The van der Waals surface area contributed by atoms with Gasteiger partial charge in [-0.25, -0.2) is 4.98 Å². The van der Waals surface area contributed by atoms with Crippen LogP contribution in [0.2, 0.25) is 10.3 Å². The van der Waals surface area contributed by atoms with Crippen LogP contribution in [-0.4, -0.2) is 43.8 Å². The molecule has 0 atom stereocenters. The van der Waals surface area contributed by atoms with Crippen LogP contribution >= 0.6 is 23.2 Å². The van der Waals surface area contributed by atoms with Gasteiger partial charge >= 0.3 is 5.97 Å². The summed E-state index contributed by atoms with van der Waals surface area (Å²) in [6.07, 6.45) is 3.33. The number of nitrogens with one attached hydrogen (secondary N) is 1. The highest BCUT2D eigenvalue weighted by Gasteiger charge is 2.27. The molecule has 1 amide bonds. The van der Waals surface area contributed by atoms with Crippen LogP contribution in [0.15, 0.2) is 24.3 Å². The lowest BCUT2D eigenvalue weighted by Gasteiger charge is -2.26. The summed E-state index contributed by atoms with van der Waals surface area (Å²) in [6.45, 7) is 3.94. The number of aliphatic carboxylic acids is 1. The Kier molecular flexibility index (Phi) is 8.64. The number of hydrogen-bond acceptors (Lipinski definition) is 4. The Balaban J connectivity index is 1.77. The maximum absolute atomic E-state index is 13.2. The molecule has 1 aliphatic carbocycles. The third kappa shape index (κ3) is 7.23. The Morgan fingerprint density at radius 3 is 2.41 bits per heavy atom. The highest BCUT2D eigenvalue weighted by molar-refractivity contribution is 6.30. The molecule has 0 spiro atoms. The number of rotatable bonds is 7. The molecule has 1 aromatic carbocycles. The van der Waals surface area contributed by atoms with Crippen LogP contribution < -0.4 is 5.32 Å². The molecule has 1 aromatic heterocycles. The number of aliphatic hydroxyl groups is 1. The molecule has 0 radical (unpaired) electrons. The second-order valence-corrected chi connectivity index (χ2v) is 9.96. The van der Waals surface area contributed by atoms with Gasteiger partial charge in [-0.05, 0) is 87.1 Å². The number of carbonyl (C=O) groups is 2. The average Bonchev–Trinajstić information content (AvgIpc) is 3.10. The van der Waals surface area contributed by atoms with Crippen LogP contribution in [0.1, 0.15) is 61.3 Å². The standard InChI is InChI=1S/C25H29Cl2N3O4/c1-25(2,34)13-11-20-21(22(31)28-15-17-3-7-18(8-4-17)23(32)33)30(24(27)29-20)14-12-16-5-9-19(26)10-6-16/h5-6,9-10,17-18,34H,3-4,7-8,12,14-15H2,1-2H3,(H,28,31)(H,32,33)/t17-,18-. The van der Waals surface area contributed by atoms with Crippen molar-refractivity contribution in [3.8, 4) is 11.8 Å². The predicted molar refractivity (Wildman–Crippen MR) is 131 cm³/mol. The molecule has 3 rings (SSSR count). The van der Waals surface area contributed by atoms with Crippen molar-refractivity contribution >= 4 is 35.1 Å². The van der Waals surface area contributed by atoms with Crippen LogP contribution in [0.3, 0.4) is 0 Å². The number of amides is 1. The molecule has 182 valence electrons. The van der Waals surface area contributed by atoms with E-state index in [1.165, 1.54) is 0 Å². The minimum absolute atomic E-state index is 0.140. The molecule has 0 saturated heterocycles. The van der Waals surface area contributed by atoms with E-state index < -0.39 is 11.6 Å². The zero-order valence-electron chi connectivity index (χ0n) is 19.3. The molecular weight excluding hydrogens is 477 g/mol. The lowest BCUT2D eigenvalue weighted by atomic mass is 9.82. The molecule has 9 heteroatoms. The molecule has 1 saturated carbocycles. The third-order valence-electron chi connectivity index (χ3n) is 5.91. The van der Waals surface area contributed by atoms with Gasteiger partial charge in [0.1, 0.15) is 17.0 Å². The first-order valence-electron chi connectivity index (χ1n) is 11.3. The molecule has 34 heavy (non-hydrogen) atoms. The maximum atomic E-state index is 13.2. The average molecular weight is 506 g/mol. The normalized spacial score (nSPS) is 18.1. The second kappa shape index (κ2) is 11.3. The van der Waals surface area contributed by atoms with E-state index in [-0.39, 0.29) is 34.4 Å². The summed E-state index contributed by atoms with van der Waals surface area (Å²) in [4.78, 5) is 28.7. The minimum Gasteiger partial charge on any atom is -0.481 e. The summed E-state index contributed by atoms with van der Waals surface area (Å²) < 4.78 is 1.63. The zero-order valence-corrected chi connectivity index (χ0v) is 20.8. The minimum atomic E-state index is -1.25. The van der Waals surface area contributed by atoms with E-state index >= 15 is 0 Å². The van der Waals surface area contributed by atoms with Crippen molar-refractivity contribution in [1.82, 2.24) is 14.9 Å². The SMILES string of the molecule is CC(C)(O)C#Cc1nc(Cl)n(CCc2ccc(Cl)cc2)c1C(=O)NC[C@H]1CC[C@H](C(=O)O)CC1. The molecule has 7 nitrogen and oxygen atoms in total. The van der Waals surface area contributed by atoms with Crippen molar-refractivity contribution in [1.29, 1.82) is 0 Å². The Morgan fingerprint density at radius 2 is 1.82 bits per heavy atom. The van der Waals surface area contributed by atoms with Gasteiger partial charge in [-0.3, -0.25) is 9.59 Å². The number of carboxylic acid groups (broad SMARTS) is 1. The molecule has 2 aromatic rings. The Morgan fingerprint density at radius 1 is 1.18 bits per heavy atom. The van der Waals surface area contributed by atoms with Crippen molar-refractivity contribution in [2.45, 2.75) is 58.1 Å². The molecule has 0 bridgehead atoms. The quantitative estimate of drug-likeness (QED) is 0.489. The number of carbonyl (C=O) groups excluding carboxylic acids is 1. The second-order valence-electron chi connectivity index (χ2n) is 9.18. The van der Waals surface area contributed by atoms with Crippen molar-refractivity contribution in [2.24, 2.45) is 11.8 Å². The van der Waals surface area contributed by atoms with Gasteiger partial charge < -0.3 is 20.1 Å². The summed E-state index contributed by atoms with van der Waals surface area (Å²) in [5, 5.41) is 22.9. The number of nitrogens with zero attached hydrogens (tertiary/aromatic N) is 2. The molecule has 0 aliphatic heterocycles. The molecule has 1 heterocycles. The van der Waals surface area contributed by atoms with E-state index in [2.05, 4.69) is 22.1 Å². The number of aryl methyl sites for hydroxylation is 1. The van der Waals surface area contributed by atoms with Gasteiger partial charge in [-0.2, -0.15) is 0 Å². The Labute approximate surface area is 209 Å². The smallest absolute Gasteiger partial charge is 0.306 e. The number of aromatic nitrogens is 2. The number of carboxylic acids is 1. The summed E-state index contributed by atoms with van der Waals surface area (Å²) in [7, 11) is 0. The van der Waals surface area contributed by atoms with E-state index in [4.69, 9.17) is 23.2 Å². The van der Waals surface area contributed by atoms with Gasteiger partial charge in [0.25, 0.3) is 5.91 Å². The van der Waals surface area contributed by atoms with E-state index in [0.717, 1.165) is 18.4 Å². The lowest BCUT2D eigenvalue weighted by molar-refractivity contribution is -0.143. The molecule has 1 fully saturated rings. The number of imidazole rings is 1. The van der Waals surface area contributed by atoms with Crippen LogP contribution in [0, 0.1) is 23.7 Å². The number of halogens is 2. The lowest BCUT2D eigenvalue weighted by Crippen LogP contribution is -2.34. The topological polar surface area (TPSA) is 104 Å². The van der Waals surface area contributed by atoms with Gasteiger partial charge in [0, 0.05) is 18.1 Å². The fourth-order valence-corrected chi connectivity index (χ4v) is 4.36. The van der Waals surface area contributed by atoms with E-state index in [0.29, 0.717) is 37.4 Å². The highest BCUT2D eigenvalue weighted by Crippen LogP contribution is 2.28. The van der Waals surface area contributed by atoms with Crippen LogP contribution in [0.5, 0.6) is 0 Å². The predicted octanol–water partition coefficient (Wildman–Crippen LogP) is 4.18. The fourth-order valence-electron chi connectivity index (χ4n) is 3.99. The highest BCUT2D eigenvalue weighted by atomic mass is 35.5. The summed E-state index contributed by atoms with van der Waals surface area (Å²) >= 11 is 12.4. The number of benzene rings is 1. The number of hydrogen-bond donors (Lipinski definition) is 3. The first-order valence-corrected chi connectivity index (χ1v) is 12.1. The van der Waals surface area contributed by atoms with Crippen molar-refractivity contribution in [3.63, 3.8) is 0 Å². The summed E-state index contributed by atoms with van der Waals surface area (Å²) in [5.41, 5.74) is 0.223. The van der Waals surface area contributed by atoms with Crippen molar-refractivity contribution in [2.75, 3.05) is 6.54 Å². The molecule has 3 N–H and O–H groups in total. The van der Waals surface area contributed by atoms with E-state index in [1.54, 1.807) is 30.5 Å². The van der Waals surface area contributed by atoms with E-state index in [9.17, 15) is 19.8 Å². The van der Waals surface area contributed by atoms with Gasteiger partial charge in [-0.1, -0.05) is 29.7 Å². The van der Waals surface area contributed by atoms with Gasteiger partial charge in [0.05, 0.1) is 5.92 Å². The zero-order chi connectivity index (χ0) is 24.9. The van der Waals surface area contributed by atoms with Crippen LogP contribution in [0.4, 0.5) is 0 Å². The monoisotopic (exact) mass is 505 g/mol. The molecule has 0 unspecified atom stereocenters.